The Labute approximate surface area is 245 Å². The molecular formula is C23H100BN3O8P. The van der Waals surface area contributed by atoms with Crippen LogP contribution in [-0.2, 0) is 0 Å². The summed E-state index contributed by atoms with van der Waals surface area (Å²) < 4.78 is 0. The normalized spacial score (nSPS) is 0.833. The van der Waals surface area contributed by atoms with Crippen LogP contribution in [0.1, 0.15) is 134 Å². The number of hydrogen-bond donors (Lipinski definition) is 4. The van der Waals surface area contributed by atoms with Gasteiger partial charge in [-0.15, -0.1) is 18.1 Å². The van der Waals surface area contributed by atoms with Crippen LogP contribution in [0.2, 0.25) is 0 Å². The van der Waals surface area contributed by atoms with E-state index in [1.807, 2.05) is 0 Å². The third-order valence-electron chi connectivity index (χ3n) is 0. The molecule has 0 aromatic heterocycles. The van der Waals surface area contributed by atoms with Crippen LogP contribution in [-0.4, -0.2) is 60.0 Å². The molecule has 0 aliphatic rings. The first-order valence-corrected chi connectivity index (χ1v) is 2.04. The first kappa shape index (κ1) is 1700. The quantitative estimate of drug-likeness (QED) is 0.0708. The fraction of sp³-hybridized carbons (Fsp3) is 0.870. The second-order valence-corrected chi connectivity index (χ2v) is 0.0816. The van der Waals surface area contributed by atoms with Gasteiger partial charge in [0, 0.05) is 29.2 Å². The van der Waals surface area contributed by atoms with Gasteiger partial charge in [-0.1, -0.05) is 134 Å². The fourth-order valence-electron chi connectivity index (χ4n) is 0. The lowest BCUT2D eigenvalue weighted by Crippen LogP contribution is -1.25. The van der Waals surface area contributed by atoms with Gasteiger partial charge in [0.1, 0.15) is 0 Å². The van der Waals surface area contributed by atoms with E-state index in [0.717, 1.165) is 14.2 Å². The molecule has 0 aliphatic heterocycles. The van der Waals surface area contributed by atoms with Crippen molar-refractivity contribution in [2.24, 2.45) is 5.34 Å². The van der Waals surface area contributed by atoms with Crippen molar-refractivity contribution >= 4 is 18.3 Å². The molecule has 0 heterocycles. The van der Waals surface area contributed by atoms with Gasteiger partial charge in [-0.3, -0.25) is 0 Å². The molecule has 0 aromatic rings. The van der Waals surface area contributed by atoms with Crippen LogP contribution in [0.5, 0.6) is 0 Å². The monoisotopic (exact) mass is 589 g/mol. The lowest BCUT2D eigenvalue weighted by Gasteiger charge is -1.32. The van der Waals surface area contributed by atoms with E-state index in [-0.39, 0.29) is 180 Å². The number of aliphatic hydroxyl groups is 2. The van der Waals surface area contributed by atoms with Gasteiger partial charge in [0.15, 0.2) is 5.34 Å². The molecule has 14 N–H and O–H groups in total. The fourth-order valence-corrected chi connectivity index (χ4v) is 0. The number of nitriles is 1. The predicted molar refractivity (Wildman–Crippen MR) is 199 cm³/mol. The number of nitrogens with zero attached hydrogens (tertiary/aromatic N) is 2. The van der Waals surface area contributed by atoms with Gasteiger partial charge in [-0.2, -0.15) is 9.90 Å². The summed E-state index contributed by atoms with van der Waals surface area (Å²) >= 11 is 0. The molecule has 1 unspecified atom stereocenters. The van der Waals surface area contributed by atoms with Gasteiger partial charge >= 0.3 is 0 Å². The minimum atomic E-state index is 0. The average Bonchev–Trinajstić information content (AvgIpc) is 2.18. The van der Waals surface area contributed by atoms with Crippen molar-refractivity contribution in [3.63, 3.8) is 0 Å². The Hall–Kier alpha value is -1.16. The maximum absolute atomic E-state index is 8.11. The number of aliphatic hydroxyl groups excluding tert-OH is 2. The summed E-state index contributed by atoms with van der Waals surface area (Å²) in [6.45, 7) is 9.50. The molecule has 0 aromatic carbocycles. The van der Waals surface area contributed by atoms with Crippen molar-refractivity contribution in [1.82, 2.24) is 6.15 Å². The molecule has 0 spiro atoms. The molecule has 3 radical (unpaired) electrons. The summed E-state index contributed by atoms with van der Waals surface area (Å²) in [5.41, 5.74) is 0. The highest BCUT2D eigenvalue weighted by Gasteiger charge is 1.18. The highest BCUT2D eigenvalue weighted by atomic mass is 31.0. The summed E-state index contributed by atoms with van der Waals surface area (Å²) in [5, 5.41) is 28.4. The molecule has 11 nitrogen and oxygen atoms in total. The predicted octanol–water partition coefficient (Wildman–Crippen LogP) is 8.29. The molecular weight excluding hydrogens is 488 g/mol. The topological polar surface area (TPSA) is 275 Å². The number of rotatable bonds is 0. The van der Waals surface area contributed by atoms with Gasteiger partial charge in [-0.05, 0) is 0 Å². The SMILES string of the molecule is C.C.C.C.C.C.C.C.C.C.C.C.C.C.C.C.C.C.C#N.C=C.CO.CO.N.O.O.O.O.O=NO.P.[B]. The first-order chi connectivity index (χ1) is 5.41. The zero-order valence-electron chi connectivity index (χ0n) is 10.6. The smallest absolute Gasteiger partial charge is 0.152 e. The molecule has 0 amide bonds. The standard InChI is InChI=1S/C2H4.CHN.2CH4O.18CH4.B.HNO2.H3N.4H2O.H3P/c4*1-2;;;;;;;;;;;;;;;;;;;;2-1-3;;;;;;/h1-2H2;1H;2*2H,1H3;18*1H4;;(H,2,3);1H3;4*1H2;1H3. The Balaban J connectivity index is -0.000000000382. The minimum absolute atomic E-state index is 0. The Morgan fingerprint density at radius 3 is 0.500 bits per heavy atom. The van der Waals surface area contributed by atoms with Crippen LogP contribution >= 0.6 is 9.90 Å². The van der Waals surface area contributed by atoms with Crippen molar-refractivity contribution in [2.75, 3.05) is 14.2 Å². The van der Waals surface area contributed by atoms with Crippen molar-refractivity contribution in [3.05, 3.63) is 18.1 Å². The van der Waals surface area contributed by atoms with E-state index in [0.29, 0.717) is 0 Å². The van der Waals surface area contributed by atoms with E-state index < -0.39 is 0 Å². The van der Waals surface area contributed by atoms with E-state index in [9.17, 15) is 0 Å². The van der Waals surface area contributed by atoms with Crippen molar-refractivity contribution < 1.29 is 37.3 Å². The molecule has 0 aliphatic carbocycles. The van der Waals surface area contributed by atoms with E-state index >= 15 is 0 Å². The lowest BCUT2D eigenvalue weighted by molar-refractivity contribution is 0.312. The van der Waals surface area contributed by atoms with E-state index in [2.05, 4.69) is 19.7 Å². The van der Waals surface area contributed by atoms with Gasteiger partial charge < -0.3 is 43.5 Å². The van der Waals surface area contributed by atoms with Crippen LogP contribution in [0.15, 0.2) is 18.5 Å². The minimum Gasteiger partial charge on any atom is -0.412 e. The molecule has 0 saturated heterocycles. The van der Waals surface area contributed by atoms with Crippen LogP contribution in [0, 0.1) is 16.7 Å². The van der Waals surface area contributed by atoms with Gasteiger partial charge in [0.25, 0.3) is 0 Å². The van der Waals surface area contributed by atoms with Crippen LogP contribution in [0.25, 0.3) is 0 Å². The second-order valence-electron chi connectivity index (χ2n) is 0.0816. The third-order valence-corrected chi connectivity index (χ3v) is 0. The van der Waals surface area contributed by atoms with Gasteiger partial charge in [0.2, 0.25) is 0 Å². The molecule has 0 fully saturated rings. The lowest BCUT2D eigenvalue weighted by atomic mass is 10.8. The summed E-state index contributed by atoms with van der Waals surface area (Å²) in [4.78, 5) is 8.11. The summed E-state index contributed by atoms with van der Waals surface area (Å²) in [6, 6.07) is 0. The molecule has 36 heavy (non-hydrogen) atoms. The largest absolute Gasteiger partial charge is 0.412 e. The third kappa shape index (κ3) is 25000. The highest BCUT2D eigenvalue weighted by molar-refractivity contribution is 6.92. The maximum atomic E-state index is 8.11. The van der Waals surface area contributed by atoms with E-state index in [1.54, 1.807) is 0 Å². The van der Waals surface area contributed by atoms with E-state index in [1.165, 1.54) is 5.34 Å². The van der Waals surface area contributed by atoms with Crippen LogP contribution in [0.4, 0.5) is 0 Å². The van der Waals surface area contributed by atoms with Gasteiger partial charge in [0.05, 0.1) is 0 Å². The Morgan fingerprint density at radius 1 is 0.500 bits per heavy atom. The Bertz CT molecular complexity index is 85.9. The molecule has 0 rings (SSSR count). The summed E-state index contributed by atoms with van der Waals surface area (Å²) in [7, 11) is 2.00. The molecule has 13 heteroatoms. The first-order valence-electron chi connectivity index (χ1n) is 2.04. The molecule has 1 atom stereocenters. The zero-order valence-corrected chi connectivity index (χ0v) is 12.0. The van der Waals surface area contributed by atoms with Crippen molar-refractivity contribution in [2.45, 2.75) is 134 Å². The zero-order chi connectivity index (χ0) is 10.7. The Morgan fingerprint density at radius 2 is 0.500 bits per heavy atom. The summed E-state index contributed by atoms with van der Waals surface area (Å²) in [6.07, 6.45) is 0. The maximum Gasteiger partial charge on any atom is 0.152 e. The van der Waals surface area contributed by atoms with Crippen molar-refractivity contribution in [3.8, 4) is 6.57 Å². The van der Waals surface area contributed by atoms with E-state index in [4.69, 9.17) is 25.6 Å². The van der Waals surface area contributed by atoms with Crippen molar-refractivity contribution in [1.29, 1.82) is 5.26 Å². The highest BCUT2D eigenvalue weighted by Crippen LogP contribution is 1.25. The number of hydrogen-bond acceptors (Lipinski definition) is 6. The van der Waals surface area contributed by atoms with Crippen LogP contribution in [0.3, 0.4) is 0 Å². The van der Waals surface area contributed by atoms with Crippen LogP contribution < -0.4 is 6.15 Å². The molecule has 0 saturated carbocycles. The average molecular weight is 589 g/mol. The Kier molecular flexibility index (Phi) is 71700000. The second kappa shape index (κ2) is 1520000. The molecule has 0 bridgehead atoms. The molecule has 263 valence electrons. The van der Waals surface area contributed by atoms with Gasteiger partial charge in [-0.25, -0.2) is 5.26 Å². The summed E-state index contributed by atoms with van der Waals surface area (Å²) in [5.74, 6) is 0.